The molecule has 1 rings (SSSR count). The molecule has 1 N–H and O–H groups in total. The maximum atomic E-state index is 11.1. The predicted octanol–water partition coefficient (Wildman–Crippen LogP) is 2.43. The highest BCUT2D eigenvalue weighted by Gasteiger charge is 2.25. The summed E-state index contributed by atoms with van der Waals surface area (Å²) in [4.78, 5) is 10.6. The molecule has 0 aliphatic carbocycles. The van der Waals surface area contributed by atoms with E-state index in [4.69, 9.17) is 10.00 Å². The number of nitrogens with one attached hydrogen (secondary N) is 1. The molecule has 20 heavy (non-hydrogen) atoms. The van der Waals surface area contributed by atoms with Gasteiger partial charge in [-0.2, -0.15) is 5.26 Å². The molecule has 0 aliphatic rings. The molecule has 1 aromatic rings. The van der Waals surface area contributed by atoms with Crippen LogP contribution in [0.25, 0.3) is 0 Å². The third kappa shape index (κ3) is 3.93. The SMILES string of the molecule is CCNC(C)(C#N)COc1ccc(CC)cc1[N+](=O)[O-]. The van der Waals surface area contributed by atoms with Crippen LogP contribution in [0.3, 0.4) is 0 Å². The molecule has 1 atom stereocenters. The smallest absolute Gasteiger partial charge is 0.311 e. The number of nitro benzene ring substituents is 1. The van der Waals surface area contributed by atoms with E-state index in [0.29, 0.717) is 13.0 Å². The lowest BCUT2D eigenvalue weighted by atomic mass is 10.1. The van der Waals surface area contributed by atoms with Crippen LogP contribution in [0.4, 0.5) is 5.69 Å². The molecule has 0 fully saturated rings. The molecule has 0 amide bonds. The van der Waals surface area contributed by atoms with E-state index in [1.54, 1.807) is 19.1 Å². The first-order valence-corrected chi connectivity index (χ1v) is 6.52. The largest absolute Gasteiger partial charge is 0.484 e. The van der Waals surface area contributed by atoms with Gasteiger partial charge < -0.3 is 4.74 Å². The number of likely N-dealkylation sites (N-methyl/N-ethyl adjacent to an activating group) is 1. The first-order valence-electron chi connectivity index (χ1n) is 6.52. The number of nitrogens with zero attached hydrogens (tertiary/aromatic N) is 2. The summed E-state index contributed by atoms with van der Waals surface area (Å²) in [5.74, 6) is 0.187. The van der Waals surface area contributed by atoms with Crippen LogP contribution in [0.1, 0.15) is 26.3 Å². The van der Waals surface area contributed by atoms with Crippen LogP contribution >= 0.6 is 0 Å². The van der Waals surface area contributed by atoms with Gasteiger partial charge in [-0.3, -0.25) is 15.4 Å². The minimum Gasteiger partial charge on any atom is -0.484 e. The summed E-state index contributed by atoms with van der Waals surface area (Å²) in [7, 11) is 0. The summed E-state index contributed by atoms with van der Waals surface area (Å²) < 4.78 is 5.48. The quantitative estimate of drug-likeness (QED) is 0.610. The van der Waals surface area contributed by atoms with Crippen molar-refractivity contribution in [2.75, 3.05) is 13.2 Å². The summed E-state index contributed by atoms with van der Waals surface area (Å²) in [6.45, 7) is 6.17. The molecule has 6 heteroatoms. The van der Waals surface area contributed by atoms with E-state index in [-0.39, 0.29) is 18.0 Å². The highest BCUT2D eigenvalue weighted by Crippen LogP contribution is 2.28. The summed E-state index contributed by atoms with van der Waals surface area (Å²) in [5, 5.41) is 23.2. The Morgan fingerprint density at radius 2 is 2.20 bits per heavy atom. The van der Waals surface area contributed by atoms with E-state index in [1.807, 2.05) is 13.8 Å². The number of rotatable bonds is 7. The molecule has 0 bridgehead atoms. The molecule has 6 nitrogen and oxygen atoms in total. The van der Waals surface area contributed by atoms with Crippen LogP contribution in [0.5, 0.6) is 5.75 Å². The Morgan fingerprint density at radius 3 is 2.70 bits per heavy atom. The minimum atomic E-state index is -0.869. The van der Waals surface area contributed by atoms with Crippen LogP contribution in [0.15, 0.2) is 18.2 Å². The number of hydrogen-bond acceptors (Lipinski definition) is 5. The Hall–Kier alpha value is -2.13. The molecule has 0 aliphatic heterocycles. The maximum absolute atomic E-state index is 11.1. The van der Waals surface area contributed by atoms with Crippen molar-refractivity contribution in [3.05, 3.63) is 33.9 Å². The van der Waals surface area contributed by atoms with Crippen LogP contribution < -0.4 is 10.1 Å². The van der Waals surface area contributed by atoms with Crippen molar-refractivity contribution in [2.45, 2.75) is 32.7 Å². The molecule has 0 radical (unpaired) electrons. The fourth-order valence-electron chi connectivity index (χ4n) is 1.78. The van der Waals surface area contributed by atoms with Gasteiger partial charge in [0, 0.05) is 6.07 Å². The summed E-state index contributed by atoms with van der Waals surface area (Å²) >= 11 is 0. The Bertz CT molecular complexity index is 525. The van der Waals surface area contributed by atoms with Gasteiger partial charge in [0.2, 0.25) is 0 Å². The van der Waals surface area contributed by atoms with Crippen LogP contribution in [0.2, 0.25) is 0 Å². The van der Waals surface area contributed by atoms with Gasteiger partial charge in [-0.05, 0) is 31.5 Å². The van der Waals surface area contributed by atoms with Crippen molar-refractivity contribution in [1.82, 2.24) is 5.32 Å². The molecular weight excluding hydrogens is 258 g/mol. The summed E-state index contributed by atoms with van der Waals surface area (Å²) in [5.41, 5.74) is -0.0635. The monoisotopic (exact) mass is 277 g/mol. The predicted molar refractivity (Wildman–Crippen MR) is 75.7 cm³/mol. The summed E-state index contributed by atoms with van der Waals surface area (Å²) in [6, 6.07) is 7.00. The van der Waals surface area contributed by atoms with Crippen molar-refractivity contribution in [1.29, 1.82) is 5.26 Å². The van der Waals surface area contributed by atoms with Gasteiger partial charge in [0.25, 0.3) is 0 Å². The van der Waals surface area contributed by atoms with E-state index < -0.39 is 10.5 Å². The topological polar surface area (TPSA) is 88.2 Å². The molecule has 108 valence electrons. The number of nitriles is 1. The molecule has 0 aromatic heterocycles. The van der Waals surface area contributed by atoms with E-state index in [9.17, 15) is 10.1 Å². The number of nitro groups is 1. The van der Waals surface area contributed by atoms with Gasteiger partial charge >= 0.3 is 5.69 Å². The molecule has 0 saturated heterocycles. The van der Waals surface area contributed by atoms with Gasteiger partial charge in [0.05, 0.1) is 11.0 Å². The molecule has 0 heterocycles. The molecule has 0 saturated carbocycles. The minimum absolute atomic E-state index is 0.0453. The Kier molecular flexibility index (Phi) is 5.47. The van der Waals surface area contributed by atoms with Crippen molar-refractivity contribution >= 4 is 5.69 Å². The fraction of sp³-hybridized carbons (Fsp3) is 0.500. The molecule has 1 aromatic carbocycles. The number of aryl methyl sites for hydroxylation is 1. The van der Waals surface area contributed by atoms with Gasteiger partial charge in [-0.25, -0.2) is 0 Å². The number of benzene rings is 1. The van der Waals surface area contributed by atoms with Crippen molar-refractivity contribution in [3.8, 4) is 11.8 Å². The molecule has 1 unspecified atom stereocenters. The zero-order valence-electron chi connectivity index (χ0n) is 12.0. The molecular formula is C14H19N3O3. The average Bonchev–Trinajstić information content (AvgIpc) is 2.45. The molecule has 0 spiro atoms. The van der Waals surface area contributed by atoms with Crippen molar-refractivity contribution in [2.24, 2.45) is 0 Å². The van der Waals surface area contributed by atoms with Crippen LogP contribution in [0, 0.1) is 21.4 Å². The third-order valence-corrected chi connectivity index (χ3v) is 2.96. The Balaban J connectivity index is 2.93. The summed E-state index contributed by atoms with van der Waals surface area (Å²) in [6.07, 6.45) is 0.717. The standard InChI is InChI=1S/C14H19N3O3/c1-4-11-6-7-13(12(8-11)17(18)19)20-10-14(3,9-15)16-5-2/h6-8,16H,4-5,10H2,1-3H3. The second-order valence-electron chi connectivity index (χ2n) is 4.68. The van der Waals surface area contributed by atoms with E-state index in [1.165, 1.54) is 6.07 Å². The fourth-order valence-corrected chi connectivity index (χ4v) is 1.78. The first kappa shape index (κ1) is 15.9. The van der Waals surface area contributed by atoms with Gasteiger partial charge in [0.1, 0.15) is 12.1 Å². The second kappa shape index (κ2) is 6.87. The number of ether oxygens (including phenoxy) is 1. The first-order chi connectivity index (χ1) is 9.45. The zero-order chi connectivity index (χ0) is 15.2. The maximum Gasteiger partial charge on any atom is 0.311 e. The van der Waals surface area contributed by atoms with E-state index in [0.717, 1.165) is 5.56 Å². The average molecular weight is 277 g/mol. The van der Waals surface area contributed by atoms with Crippen LogP contribution in [-0.2, 0) is 6.42 Å². The van der Waals surface area contributed by atoms with E-state index >= 15 is 0 Å². The van der Waals surface area contributed by atoms with Crippen molar-refractivity contribution < 1.29 is 9.66 Å². The van der Waals surface area contributed by atoms with Crippen molar-refractivity contribution in [3.63, 3.8) is 0 Å². The normalized spacial score (nSPS) is 13.3. The van der Waals surface area contributed by atoms with E-state index in [2.05, 4.69) is 11.4 Å². The highest BCUT2D eigenvalue weighted by atomic mass is 16.6. The van der Waals surface area contributed by atoms with Crippen LogP contribution in [-0.4, -0.2) is 23.6 Å². The van der Waals surface area contributed by atoms with Gasteiger partial charge in [-0.15, -0.1) is 0 Å². The zero-order valence-corrected chi connectivity index (χ0v) is 12.0. The Labute approximate surface area is 118 Å². The Morgan fingerprint density at radius 1 is 1.50 bits per heavy atom. The van der Waals surface area contributed by atoms with Gasteiger partial charge in [-0.1, -0.05) is 19.9 Å². The second-order valence-corrected chi connectivity index (χ2v) is 4.68. The van der Waals surface area contributed by atoms with Gasteiger partial charge in [0.15, 0.2) is 5.75 Å². The number of hydrogen-bond donors (Lipinski definition) is 1. The highest BCUT2D eigenvalue weighted by molar-refractivity contribution is 5.48. The lowest BCUT2D eigenvalue weighted by molar-refractivity contribution is -0.386. The lowest BCUT2D eigenvalue weighted by Gasteiger charge is -2.22. The lowest BCUT2D eigenvalue weighted by Crippen LogP contribution is -2.46. The third-order valence-electron chi connectivity index (χ3n) is 2.96.